The van der Waals surface area contributed by atoms with E-state index >= 15 is 0 Å². The molecule has 0 heterocycles. The molecule has 0 aromatic rings. The van der Waals surface area contributed by atoms with Crippen molar-refractivity contribution >= 4 is 42.5 Å². The fraction of sp³-hybridized carbons (Fsp3) is 0.750. The lowest BCUT2D eigenvalue weighted by Gasteiger charge is -1.95. The number of nitrogens with two attached hydrogens (primary N) is 2. The Morgan fingerprint density at radius 2 is 1.39 bits per heavy atom. The summed E-state index contributed by atoms with van der Waals surface area (Å²) >= 11 is 2.69. The first-order valence-corrected chi connectivity index (χ1v) is 8.19. The lowest BCUT2D eigenvalue weighted by Crippen LogP contribution is -2.02. The molecule has 0 spiro atoms. The number of nitrogens with one attached hydrogen (secondary N) is 2. The second-order valence-electron chi connectivity index (χ2n) is 2.27. The molecular formula is C8H23N4O3PS2. The predicted octanol–water partition coefficient (Wildman–Crippen LogP) is 1.50. The van der Waals surface area contributed by atoms with E-state index in [0.717, 1.165) is 11.5 Å². The highest BCUT2D eigenvalue weighted by atomic mass is 32.2. The lowest BCUT2D eigenvalue weighted by atomic mass is 10.9. The van der Waals surface area contributed by atoms with E-state index in [4.69, 9.17) is 32.1 Å². The minimum absolute atomic E-state index is 0.206. The van der Waals surface area contributed by atoms with E-state index in [2.05, 4.69) is 4.52 Å². The molecule has 0 fully saturated rings. The summed E-state index contributed by atoms with van der Waals surface area (Å²) in [5.41, 5.74) is 9.90. The maximum absolute atomic E-state index is 7.95. The third-order valence-corrected chi connectivity index (χ3v) is 2.53. The SMILES string of the molecule is CCOP(O)O.CCSC(=N)N.CCSC(=N)N. The minimum atomic E-state index is -2.10. The zero-order chi connectivity index (χ0) is 15.0. The Morgan fingerprint density at radius 1 is 1.06 bits per heavy atom. The number of rotatable bonds is 4. The van der Waals surface area contributed by atoms with Crippen molar-refractivity contribution in [2.45, 2.75) is 20.8 Å². The van der Waals surface area contributed by atoms with E-state index in [-0.39, 0.29) is 10.3 Å². The Hall–Kier alpha value is -0.0500. The average Bonchev–Trinajstić information content (AvgIpc) is 2.18. The number of thioether (sulfide) groups is 2. The molecule has 0 unspecified atom stereocenters. The van der Waals surface area contributed by atoms with Crippen LogP contribution in [0.4, 0.5) is 0 Å². The highest BCUT2D eigenvalue weighted by Crippen LogP contribution is 2.22. The van der Waals surface area contributed by atoms with Gasteiger partial charge < -0.3 is 25.8 Å². The van der Waals surface area contributed by atoms with E-state index in [0.29, 0.717) is 6.61 Å². The van der Waals surface area contributed by atoms with E-state index in [1.807, 2.05) is 13.8 Å². The molecule has 0 aliphatic rings. The van der Waals surface area contributed by atoms with Gasteiger partial charge in [-0.2, -0.15) is 0 Å². The van der Waals surface area contributed by atoms with Gasteiger partial charge in [-0.05, 0) is 18.4 Å². The summed E-state index contributed by atoms with van der Waals surface area (Å²) in [6.45, 7) is 5.98. The van der Waals surface area contributed by atoms with Crippen LogP contribution in [0, 0.1) is 10.8 Å². The van der Waals surface area contributed by atoms with Crippen LogP contribution in [0.3, 0.4) is 0 Å². The summed E-state index contributed by atoms with van der Waals surface area (Å²) in [6.07, 6.45) is 0. The first-order valence-electron chi connectivity index (χ1n) is 5.06. The van der Waals surface area contributed by atoms with Crippen molar-refractivity contribution in [1.29, 1.82) is 10.8 Å². The highest BCUT2D eigenvalue weighted by molar-refractivity contribution is 8.13. The van der Waals surface area contributed by atoms with Gasteiger partial charge >= 0.3 is 8.60 Å². The summed E-state index contributed by atoms with van der Waals surface area (Å²) in [6, 6.07) is 0. The molecule has 0 saturated carbocycles. The van der Waals surface area contributed by atoms with Crippen LogP contribution in [-0.4, -0.2) is 38.2 Å². The first kappa shape index (κ1) is 23.1. The van der Waals surface area contributed by atoms with Gasteiger partial charge in [-0.25, -0.2) is 0 Å². The zero-order valence-electron chi connectivity index (χ0n) is 10.8. The summed E-state index contributed by atoms with van der Waals surface area (Å²) in [5.74, 6) is 1.80. The molecule has 0 amide bonds. The molecule has 0 rings (SSSR count). The van der Waals surface area contributed by atoms with Gasteiger partial charge in [-0.1, -0.05) is 37.4 Å². The van der Waals surface area contributed by atoms with Gasteiger partial charge in [0.1, 0.15) is 0 Å². The highest BCUT2D eigenvalue weighted by Gasteiger charge is 1.91. The zero-order valence-corrected chi connectivity index (χ0v) is 13.4. The van der Waals surface area contributed by atoms with Crippen molar-refractivity contribution in [1.82, 2.24) is 0 Å². The summed E-state index contributed by atoms with van der Waals surface area (Å²) in [4.78, 5) is 15.9. The fourth-order valence-electron chi connectivity index (χ4n) is 0.426. The van der Waals surface area contributed by atoms with Crippen LogP contribution in [0.25, 0.3) is 0 Å². The monoisotopic (exact) mass is 318 g/mol. The Bertz CT molecular complexity index is 195. The third-order valence-electron chi connectivity index (χ3n) is 0.844. The maximum Gasteiger partial charge on any atom is 0.327 e. The van der Waals surface area contributed by atoms with Gasteiger partial charge in [0.05, 0.1) is 6.61 Å². The van der Waals surface area contributed by atoms with Crippen LogP contribution >= 0.6 is 32.1 Å². The van der Waals surface area contributed by atoms with Crippen molar-refractivity contribution in [3.05, 3.63) is 0 Å². The fourth-order valence-corrected chi connectivity index (χ4v) is 1.28. The predicted molar refractivity (Wildman–Crippen MR) is 83.1 cm³/mol. The van der Waals surface area contributed by atoms with Crippen molar-refractivity contribution in [3.63, 3.8) is 0 Å². The van der Waals surface area contributed by atoms with Gasteiger partial charge in [-0.3, -0.25) is 10.8 Å². The van der Waals surface area contributed by atoms with E-state index in [9.17, 15) is 0 Å². The first-order chi connectivity index (χ1) is 8.31. The van der Waals surface area contributed by atoms with Crippen LogP contribution in [0.1, 0.15) is 20.8 Å². The standard InChI is InChI=1S/2C3H8N2S.C2H7O3P/c2*1-2-6-3(4)5;1-2-5-6(3)4/h2*2H2,1H3,(H3,4,5);3-4H,2H2,1H3. The van der Waals surface area contributed by atoms with Crippen LogP contribution in [0.5, 0.6) is 0 Å². The van der Waals surface area contributed by atoms with Gasteiger partial charge in [0.15, 0.2) is 10.3 Å². The average molecular weight is 318 g/mol. The van der Waals surface area contributed by atoms with Crippen molar-refractivity contribution < 1.29 is 14.3 Å². The van der Waals surface area contributed by atoms with Crippen LogP contribution in [-0.2, 0) is 4.52 Å². The van der Waals surface area contributed by atoms with Crippen LogP contribution < -0.4 is 11.5 Å². The van der Waals surface area contributed by atoms with Gasteiger partial charge in [0.2, 0.25) is 0 Å². The molecule has 18 heavy (non-hydrogen) atoms. The van der Waals surface area contributed by atoms with E-state index in [1.54, 1.807) is 6.92 Å². The number of amidine groups is 2. The summed E-state index contributed by atoms with van der Waals surface area (Å²) in [5, 5.41) is 13.7. The molecule has 0 aromatic carbocycles. The molecule has 0 atom stereocenters. The molecule has 110 valence electrons. The third kappa shape index (κ3) is 44.5. The molecule has 0 radical (unpaired) electrons. The number of hydrogen-bond acceptors (Lipinski definition) is 7. The maximum atomic E-state index is 7.95. The van der Waals surface area contributed by atoms with Gasteiger partial charge in [0, 0.05) is 0 Å². The largest absolute Gasteiger partial charge is 0.379 e. The molecule has 0 aliphatic carbocycles. The normalized spacial score (nSPS) is 8.78. The second-order valence-corrected chi connectivity index (χ2v) is 5.64. The van der Waals surface area contributed by atoms with E-state index in [1.165, 1.54) is 23.5 Å². The van der Waals surface area contributed by atoms with Crippen LogP contribution in [0.15, 0.2) is 0 Å². The van der Waals surface area contributed by atoms with Crippen molar-refractivity contribution in [2.75, 3.05) is 18.1 Å². The molecular weight excluding hydrogens is 295 g/mol. The molecule has 0 aliphatic heterocycles. The van der Waals surface area contributed by atoms with Crippen molar-refractivity contribution in [3.8, 4) is 0 Å². The quantitative estimate of drug-likeness (QED) is 0.261. The van der Waals surface area contributed by atoms with Gasteiger partial charge in [0.25, 0.3) is 0 Å². The van der Waals surface area contributed by atoms with E-state index < -0.39 is 8.60 Å². The van der Waals surface area contributed by atoms with Crippen LogP contribution in [0.2, 0.25) is 0 Å². The molecule has 10 heteroatoms. The molecule has 0 aromatic heterocycles. The smallest absolute Gasteiger partial charge is 0.327 e. The second kappa shape index (κ2) is 19.3. The topological polar surface area (TPSA) is 149 Å². The lowest BCUT2D eigenvalue weighted by molar-refractivity contribution is 0.269. The van der Waals surface area contributed by atoms with Crippen molar-refractivity contribution in [2.24, 2.45) is 11.5 Å². The Labute approximate surface area is 118 Å². The van der Waals surface area contributed by atoms with Gasteiger partial charge in [-0.15, -0.1) is 0 Å². The Morgan fingerprint density at radius 3 is 1.39 bits per heavy atom. The minimum Gasteiger partial charge on any atom is -0.379 e. The molecule has 8 N–H and O–H groups in total. The summed E-state index contributed by atoms with van der Waals surface area (Å²) < 4.78 is 4.22. The Kier molecular flexibility index (Phi) is 24.7. The molecule has 0 bridgehead atoms. The molecule has 7 nitrogen and oxygen atoms in total. The molecule has 0 saturated heterocycles. The number of hydrogen-bond donors (Lipinski definition) is 6. The summed E-state index contributed by atoms with van der Waals surface area (Å²) in [7, 11) is -2.10. The Balaban J connectivity index is -0.000000187.